The summed E-state index contributed by atoms with van der Waals surface area (Å²) in [5.74, 6) is 0. The van der Waals surface area contributed by atoms with Crippen molar-refractivity contribution in [2.24, 2.45) is 30.7 Å². The van der Waals surface area contributed by atoms with Gasteiger partial charge >= 0.3 is 0 Å². The van der Waals surface area contributed by atoms with Gasteiger partial charge in [0.05, 0.1) is 17.1 Å². The molecule has 6 nitrogen and oxygen atoms in total. The van der Waals surface area contributed by atoms with Crippen LogP contribution >= 0.6 is 0 Å². The zero-order chi connectivity index (χ0) is 25.3. The van der Waals surface area contributed by atoms with E-state index in [9.17, 15) is 0 Å². The summed E-state index contributed by atoms with van der Waals surface area (Å²) in [6, 6.07) is 25.5. The van der Waals surface area contributed by atoms with Gasteiger partial charge in [-0.1, -0.05) is 84.0 Å². The Bertz CT molecular complexity index is 831. The van der Waals surface area contributed by atoms with Crippen molar-refractivity contribution in [1.29, 1.82) is 0 Å². The van der Waals surface area contributed by atoms with Crippen LogP contribution in [0.25, 0.3) is 11.1 Å². The Morgan fingerprint density at radius 2 is 0.636 bits per heavy atom. The topological polar surface area (TPSA) is 74.2 Å². The van der Waals surface area contributed by atoms with Crippen LogP contribution in [0, 0.1) is 0 Å². The first-order valence-electron chi connectivity index (χ1n) is 11.4. The average Bonchev–Trinajstić information content (AvgIpc) is 2.90. The fraction of sp³-hybridized carbons (Fsp3) is 0.333. The Morgan fingerprint density at radius 1 is 0.364 bits per heavy atom. The third-order valence-electron chi connectivity index (χ3n) is 3.47. The van der Waals surface area contributed by atoms with Crippen molar-refractivity contribution < 1.29 is 0 Å². The van der Waals surface area contributed by atoms with Gasteiger partial charge in [-0.25, -0.2) is 0 Å². The number of rotatable bonds is 4. The Balaban J connectivity index is 0. The van der Waals surface area contributed by atoms with Crippen LogP contribution in [0.5, 0.6) is 0 Å². The third kappa shape index (κ3) is 14.2. The molecule has 0 aliphatic heterocycles. The van der Waals surface area contributed by atoms with Crippen molar-refractivity contribution in [3.63, 3.8) is 0 Å². The number of hydrogen-bond donors (Lipinski definition) is 0. The van der Waals surface area contributed by atoms with Crippen molar-refractivity contribution in [2.75, 3.05) is 21.1 Å². The van der Waals surface area contributed by atoms with Gasteiger partial charge in [0.25, 0.3) is 0 Å². The highest BCUT2D eigenvalue weighted by Crippen LogP contribution is 2.25. The lowest BCUT2D eigenvalue weighted by Crippen LogP contribution is -1.76. The summed E-state index contributed by atoms with van der Waals surface area (Å²) >= 11 is 0. The molecule has 0 aliphatic rings. The number of azo groups is 3. The lowest BCUT2D eigenvalue weighted by Gasteiger charge is -2.02. The highest BCUT2D eigenvalue weighted by atomic mass is 15.1. The van der Waals surface area contributed by atoms with E-state index >= 15 is 0 Å². The number of benzene rings is 3. The van der Waals surface area contributed by atoms with E-state index < -0.39 is 0 Å². The Labute approximate surface area is 200 Å². The summed E-state index contributed by atoms with van der Waals surface area (Å²) in [6.45, 7) is 12.0. The Morgan fingerprint density at radius 3 is 0.909 bits per heavy atom. The lowest BCUT2D eigenvalue weighted by molar-refractivity contribution is 1.17. The fourth-order valence-electron chi connectivity index (χ4n) is 2.28. The molecule has 3 rings (SSSR count). The first kappa shape index (κ1) is 31.6. The van der Waals surface area contributed by atoms with Crippen LogP contribution in [0.15, 0.2) is 110 Å². The number of hydrogen-bond acceptors (Lipinski definition) is 6. The fourth-order valence-corrected chi connectivity index (χ4v) is 2.28. The summed E-state index contributed by atoms with van der Waals surface area (Å²) in [4.78, 5) is 0. The second-order valence-electron chi connectivity index (χ2n) is 5.33. The molecule has 0 unspecified atom stereocenters. The van der Waals surface area contributed by atoms with Crippen molar-refractivity contribution in [2.45, 2.75) is 41.5 Å². The van der Waals surface area contributed by atoms with Crippen LogP contribution in [-0.2, 0) is 0 Å². The lowest BCUT2D eigenvalue weighted by atomic mass is 10.1. The molecular formula is C27H40N6. The van der Waals surface area contributed by atoms with E-state index in [2.05, 4.69) is 30.7 Å². The molecule has 0 radical (unpaired) electrons. The van der Waals surface area contributed by atoms with Crippen LogP contribution in [0.3, 0.4) is 0 Å². The molecule has 178 valence electrons. The molecule has 0 N–H and O–H groups in total. The van der Waals surface area contributed by atoms with E-state index in [1.165, 1.54) is 0 Å². The van der Waals surface area contributed by atoms with Gasteiger partial charge in [0, 0.05) is 21.1 Å². The van der Waals surface area contributed by atoms with Gasteiger partial charge in [0.2, 0.25) is 0 Å². The zero-order valence-electron chi connectivity index (χ0n) is 21.7. The highest BCUT2D eigenvalue weighted by Gasteiger charge is 1.98. The van der Waals surface area contributed by atoms with Crippen molar-refractivity contribution in [3.05, 3.63) is 78.9 Å². The Kier molecular flexibility index (Phi) is 22.2. The van der Waals surface area contributed by atoms with E-state index in [-0.39, 0.29) is 0 Å². The molecule has 33 heavy (non-hydrogen) atoms. The monoisotopic (exact) mass is 448 g/mol. The Hall–Kier alpha value is -3.54. The predicted molar refractivity (Wildman–Crippen MR) is 144 cm³/mol. The van der Waals surface area contributed by atoms with E-state index in [1.807, 2.05) is 120 Å². The van der Waals surface area contributed by atoms with Gasteiger partial charge < -0.3 is 0 Å². The molecular weight excluding hydrogens is 408 g/mol. The van der Waals surface area contributed by atoms with E-state index in [0.717, 1.165) is 28.2 Å². The third-order valence-corrected chi connectivity index (χ3v) is 3.47. The summed E-state index contributed by atoms with van der Waals surface area (Å²) < 4.78 is 0. The first-order chi connectivity index (χ1) is 16.3. The summed E-state index contributed by atoms with van der Waals surface area (Å²) in [5, 5.41) is 22.9. The molecule has 6 heteroatoms. The van der Waals surface area contributed by atoms with Gasteiger partial charge in [-0.3, -0.25) is 0 Å². The van der Waals surface area contributed by atoms with E-state index in [4.69, 9.17) is 0 Å². The van der Waals surface area contributed by atoms with Crippen LogP contribution < -0.4 is 0 Å². The second kappa shape index (κ2) is 23.1. The number of nitrogens with zero attached hydrogens (tertiary/aromatic N) is 6. The van der Waals surface area contributed by atoms with E-state index in [0.29, 0.717) is 0 Å². The molecule has 0 saturated carbocycles. The normalized spacial score (nSPS) is 9.61. The predicted octanol–water partition coefficient (Wildman–Crippen LogP) is 10.3. The van der Waals surface area contributed by atoms with Crippen LogP contribution in [-0.4, -0.2) is 21.1 Å². The van der Waals surface area contributed by atoms with Crippen molar-refractivity contribution in [1.82, 2.24) is 0 Å². The molecule has 3 aromatic rings. The largest absolute Gasteiger partial charge is 0.192 e. The molecule has 0 saturated heterocycles. The standard InChI is InChI=1S/C14H14N4.C7H8N2.3C2H6/c1-15-17-13-7-3-11(4-8-13)12-5-9-14(10-6-12)18-16-2;1-8-9-7-5-3-2-4-6-7;3*1-2/h3-10H,1-2H3;2-6H,1H3;3*1-2H3. The van der Waals surface area contributed by atoms with Gasteiger partial charge in [-0.15, -0.1) is 0 Å². The smallest absolute Gasteiger partial charge is 0.0852 e. The quantitative estimate of drug-likeness (QED) is 0.356. The molecule has 0 spiro atoms. The average molecular weight is 449 g/mol. The van der Waals surface area contributed by atoms with Gasteiger partial charge in [0.1, 0.15) is 0 Å². The van der Waals surface area contributed by atoms with Crippen LogP contribution in [0.2, 0.25) is 0 Å². The summed E-state index contributed by atoms with van der Waals surface area (Å²) in [5.41, 5.74) is 4.91. The molecule has 0 fully saturated rings. The molecule has 0 amide bonds. The van der Waals surface area contributed by atoms with Gasteiger partial charge in [-0.05, 0) is 47.5 Å². The highest BCUT2D eigenvalue weighted by molar-refractivity contribution is 5.66. The molecule has 3 aromatic carbocycles. The maximum Gasteiger partial charge on any atom is 0.0852 e. The molecule has 0 atom stereocenters. The van der Waals surface area contributed by atoms with Crippen LogP contribution in [0.4, 0.5) is 17.1 Å². The minimum Gasteiger partial charge on any atom is -0.192 e. The van der Waals surface area contributed by atoms with E-state index in [1.54, 1.807) is 21.1 Å². The minimum atomic E-state index is 0.859. The molecule has 0 aliphatic carbocycles. The van der Waals surface area contributed by atoms with Gasteiger partial charge in [-0.2, -0.15) is 30.7 Å². The van der Waals surface area contributed by atoms with Crippen molar-refractivity contribution in [3.8, 4) is 11.1 Å². The minimum absolute atomic E-state index is 0.859. The second-order valence-corrected chi connectivity index (χ2v) is 5.33. The van der Waals surface area contributed by atoms with Gasteiger partial charge in [0.15, 0.2) is 0 Å². The molecule has 0 bridgehead atoms. The summed E-state index contributed by atoms with van der Waals surface area (Å²) in [7, 11) is 4.98. The SMILES string of the molecule is CC.CC.CC.CN=Nc1ccc(-c2ccc(N=NC)cc2)cc1.CN=Nc1ccccc1. The first-order valence-corrected chi connectivity index (χ1v) is 11.4. The molecule has 0 aromatic heterocycles. The van der Waals surface area contributed by atoms with Crippen molar-refractivity contribution >= 4 is 17.1 Å². The summed E-state index contributed by atoms with van der Waals surface area (Å²) in [6.07, 6.45) is 0. The van der Waals surface area contributed by atoms with Crippen LogP contribution in [0.1, 0.15) is 41.5 Å². The molecule has 0 heterocycles. The maximum atomic E-state index is 3.98. The zero-order valence-corrected chi connectivity index (χ0v) is 21.7. The maximum absolute atomic E-state index is 3.98.